The second-order valence-corrected chi connectivity index (χ2v) is 6.46. The first kappa shape index (κ1) is 15.8. The first-order valence-corrected chi connectivity index (χ1v) is 8.69. The summed E-state index contributed by atoms with van der Waals surface area (Å²) in [4.78, 5) is 15.0. The van der Waals surface area contributed by atoms with Gasteiger partial charge in [-0.15, -0.1) is 0 Å². The summed E-state index contributed by atoms with van der Waals surface area (Å²) in [6, 6.07) is 20.8. The number of benzene rings is 2. The highest BCUT2D eigenvalue weighted by molar-refractivity contribution is 5.79. The maximum Gasteiger partial charge on any atom is 0.225 e. The van der Waals surface area contributed by atoms with E-state index < -0.39 is 0 Å². The molecule has 0 atom stereocenters. The lowest BCUT2D eigenvalue weighted by atomic mass is 10.0. The molecular formula is C21H25NO. The SMILES string of the molecule is O=C(C1CCCC1)N(CCc1ccccc1)Cc1ccccc1. The van der Waals surface area contributed by atoms with Gasteiger partial charge in [0.1, 0.15) is 0 Å². The largest absolute Gasteiger partial charge is 0.338 e. The molecule has 0 spiro atoms. The van der Waals surface area contributed by atoms with E-state index >= 15 is 0 Å². The van der Waals surface area contributed by atoms with Gasteiger partial charge in [-0.05, 0) is 30.4 Å². The van der Waals surface area contributed by atoms with E-state index in [1.54, 1.807) is 0 Å². The van der Waals surface area contributed by atoms with Crippen LogP contribution >= 0.6 is 0 Å². The Kier molecular flexibility index (Phi) is 5.46. The Hall–Kier alpha value is -2.09. The van der Waals surface area contributed by atoms with Crippen LogP contribution in [0.4, 0.5) is 0 Å². The van der Waals surface area contributed by atoms with Crippen LogP contribution in [0.25, 0.3) is 0 Å². The topological polar surface area (TPSA) is 20.3 Å². The molecule has 0 bridgehead atoms. The molecule has 0 heterocycles. The zero-order valence-corrected chi connectivity index (χ0v) is 13.7. The number of hydrogen-bond acceptors (Lipinski definition) is 1. The second-order valence-electron chi connectivity index (χ2n) is 6.46. The van der Waals surface area contributed by atoms with E-state index in [0.29, 0.717) is 5.91 Å². The molecule has 0 aliphatic heterocycles. The fraction of sp³-hybridized carbons (Fsp3) is 0.381. The van der Waals surface area contributed by atoms with Crippen LogP contribution in [-0.2, 0) is 17.8 Å². The third-order valence-corrected chi connectivity index (χ3v) is 4.75. The van der Waals surface area contributed by atoms with Crippen LogP contribution in [0.15, 0.2) is 60.7 Å². The minimum atomic E-state index is 0.245. The predicted molar refractivity (Wildman–Crippen MR) is 94.0 cm³/mol. The highest BCUT2D eigenvalue weighted by Crippen LogP contribution is 2.27. The van der Waals surface area contributed by atoms with Crippen molar-refractivity contribution in [3.05, 3.63) is 71.8 Å². The highest BCUT2D eigenvalue weighted by atomic mass is 16.2. The Bertz CT molecular complexity index is 602. The molecule has 0 saturated heterocycles. The quantitative estimate of drug-likeness (QED) is 0.772. The van der Waals surface area contributed by atoms with E-state index in [9.17, 15) is 4.79 Å². The molecule has 2 heteroatoms. The van der Waals surface area contributed by atoms with Crippen LogP contribution in [0.5, 0.6) is 0 Å². The minimum Gasteiger partial charge on any atom is -0.338 e. The van der Waals surface area contributed by atoms with Crippen LogP contribution in [0, 0.1) is 5.92 Å². The van der Waals surface area contributed by atoms with Crippen LogP contribution in [0.3, 0.4) is 0 Å². The fourth-order valence-corrected chi connectivity index (χ4v) is 3.41. The van der Waals surface area contributed by atoms with E-state index in [-0.39, 0.29) is 5.92 Å². The smallest absolute Gasteiger partial charge is 0.225 e. The van der Waals surface area contributed by atoms with Crippen molar-refractivity contribution in [1.82, 2.24) is 4.90 Å². The molecule has 1 aliphatic rings. The number of carbonyl (C=O) groups is 1. The van der Waals surface area contributed by atoms with Gasteiger partial charge >= 0.3 is 0 Å². The summed E-state index contributed by atoms with van der Waals surface area (Å²) in [5.41, 5.74) is 2.51. The predicted octanol–water partition coefficient (Wildman–Crippen LogP) is 4.45. The Morgan fingerprint density at radius 1 is 0.870 bits per heavy atom. The molecule has 1 saturated carbocycles. The summed E-state index contributed by atoms with van der Waals surface area (Å²) in [5.74, 6) is 0.594. The molecule has 0 radical (unpaired) electrons. The van der Waals surface area contributed by atoms with Gasteiger partial charge in [-0.2, -0.15) is 0 Å². The number of carbonyl (C=O) groups excluding carboxylic acids is 1. The molecule has 1 fully saturated rings. The fourth-order valence-electron chi connectivity index (χ4n) is 3.41. The van der Waals surface area contributed by atoms with Crippen molar-refractivity contribution in [2.24, 2.45) is 5.92 Å². The summed E-state index contributed by atoms with van der Waals surface area (Å²) >= 11 is 0. The van der Waals surface area contributed by atoms with E-state index in [0.717, 1.165) is 32.4 Å². The third-order valence-electron chi connectivity index (χ3n) is 4.75. The Morgan fingerprint density at radius 2 is 1.43 bits per heavy atom. The van der Waals surface area contributed by atoms with Crippen LogP contribution in [0.2, 0.25) is 0 Å². The average molecular weight is 307 g/mol. The van der Waals surface area contributed by atoms with Crippen molar-refractivity contribution in [2.45, 2.75) is 38.6 Å². The lowest BCUT2D eigenvalue weighted by Crippen LogP contribution is -2.36. The van der Waals surface area contributed by atoms with Gasteiger partial charge in [-0.1, -0.05) is 73.5 Å². The molecule has 0 N–H and O–H groups in total. The monoisotopic (exact) mass is 307 g/mol. The Balaban J connectivity index is 1.68. The van der Waals surface area contributed by atoms with Crippen LogP contribution in [-0.4, -0.2) is 17.4 Å². The molecule has 1 amide bonds. The van der Waals surface area contributed by atoms with Gasteiger partial charge < -0.3 is 4.90 Å². The van der Waals surface area contributed by atoms with Crippen molar-refractivity contribution < 1.29 is 4.79 Å². The van der Waals surface area contributed by atoms with Gasteiger partial charge in [0.25, 0.3) is 0 Å². The molecule has 2 nitrogen and oxygen atoms in total. The molecule has 0 aromatic heterocycles. The van der Waals surface area contributed by atoms with Gasteiger partial charge in [0.2, 0.25) is 5.91 Å². The van der Waals surface area contributed by atoms with Gasteiger partial charge in [-0.25, -0.2) is 0 Å². The van der Waals surface area contributed by atoms with Gasteiger partial charge in [0.15, 0.2) is 0 Å². The van der Waals surface area contributed by atoms with Gasteiger partial charge in [0.05, 0.1) is 0 Å². The van der Waals surface area contributed by atoms with E-state index in [4.69, 9.17) is 0 Å². The van der Waals surface area contributed by atoms with Gasteiger partial charge in [0, 0.05) is 19.0 Å². The van der Waals surface area contributed by atoms with Crippen LogP contribution < -0.4 is 0 Å². The zero-order chi connectivity index (χ0) is 15.9. The summed E-state index contributed by atoms with van der Waals surface area (Å²) in [6.07, 6.45) is 5.46. The standard InChI is InChI=1S/C21H25NO/c23-21(20-13-7-8-14-20)22(17-19-11-5-2-6-12-19)16-15-18-9-3-1-4-10-18/h1-6,9-12,20H,7-8,13-17H2. The summed E-state index contributed by atoms with van der Waals surface area (Å²) in [7, 11) is 0. The van der Waals surface area contributed by atoms with Crippen LogP contribution in [0.1, 0.15) is 36.8 Å². The van der Waals surface area contributed by atoms with Crippen molar-refractivity contribution in [2.75, 3.05) is 6.54 Å². The third kappa shape index (κ3) is 4.44. The lowest BCUT2D eigenvalue weighted by Gasteiger charge is -2.26. The normalized spacial score (nSPS) is 14.8. The zero-order valence-electron chi connectivity index (χ0n) is 13.7. The molecule has 2 aromatic carbocycles. The van der Waals surface area contributed by atoms with E-state index in [2.05, 4.69) is 41.3 Å². The number of amides is 1. The first-order chi connectivity index (χ1) is 11.3. The molecule has 2 aromatic rings. The average Bonchev–Trinajstić information content (AvgIpc) is 3.14. The maximum atomic E-state index is 12.9. The Labute approximate surface area is 139 Å². The van der Waals surface area contributed by atoms with E-state index in [1.807, 2.05) is 24.3 Å². The summed E-state index contributed by atoms with van der Waals surface area (Å²) in [5, 5.41) is 0. The number of nitrogens with zero attached hydrogens (tertiary/aromatic N) is 1. The molecule has 3 rings (SSSR count). The second kappa shape index (κ2) is 7.96. The Morgan fingerprint density at radius 3 is 2.04 bits per heavy atom. The number of rotatable bonds is 6. The molecular weight excluding hydrogens is 282 g/mol. The molecule has 120 valence electrons. The van der Waals surface area contributed by atoms with Crippen molar-refractivity contribution in [3.63, 3.8) is 0 Å². The van der Waals surface area contributed by atoms with Crippen molar-refractivity contribution in [1.29, 1.82) is 0 Å². The molecule has 0 unspecified atom stereocenters. The summed E-state index contributed by atoms with van der Waals surface area (Å²) in [6.45, 7) is 1.53. The highest BCUT2D eigenvalue weighted by Gasteiger charge is 2.27. The molecule has 23 heavy (non-hydrogen) atoms. The minimum absolute atomic E-state index is 0.245. The van der Waals surface area contributed by atoms with E-state index in [1.165, 1.54) is 24.0 Å². The van der Waals surface area contributed by atoms with Gasteiger partial charge in [-0.3, -0.25) is 4.79 Å². The maximum absolute atomic E-state index is 12.9. The lowest BCUT2D eigenvalue weighted by molar-refractivity contribution is -0.136. The van der Waals surface area contributed by atoms with Crippen molar-refractivity contribution in [3.8, 4) is 0 Å². The summed E-state index contributed by atoms with van der Waals surface area (Å²) < 4.78 is 0. The first-order valence-electron chi connectivity index (χ1n) is 8.69. The molecule has 1 aliphatic carbocycles. The number of hydrogen-bond donors (Lipinski definition) is 0. The van der Waals surface area contributed by atoms with Crippen molar-refractivity contribution >= 4 is 5.91 Å².